The Morgan fingerprint density at radius 2 is 1.68 bits per heavy atom. The van der Waals surface area contributed by atoms with Crippen molar-refractivity contribution in [2.45, 2.75) is 55.8 Å². The lowest BCUT2D eigenvalue weighted by Gasteiger charge is -2.42. The lowest BCUT2D eigenvalue weighted by molar-refractivity contribution is -0.214. The summed E-state index contributed by atoms with van der Waals surface area (Å²) in [5, 5.41) is 16.3. The molecule has 1 atom stereocenters. The highest BCUT2D eigenvalue weighted by atomic mass is 32.2. The van der Waals surface area contributed by atoms with Crippen molar-refractivity contribution in [2.24, 2.45) is 0 Å². The van der Waals surface area contributed by atoms with Crippen molar-refractivity contribution in [1.82, 2.24) is 20.4 Å². The van der Waals surface area contributed by atoms with E-state index in [9.17, 15) is 35.3 Å². The first kappa shape index (κ1) is 29.2. The highest BCUT2D eigenvalue weighted by Gasteiger charge is 2.60. The third kappa shape index (κ3) is 5.44. The van der Waals surface area contributed by atoms with E-state index in [4.69, 9.17) is 9.52 Å². The molecule has 1 amide bonds. The van der Waals surface area contributed by atoms with Crippen molar-refractivity contribution < 1.29 is 40.1 Å². The maximum Gasteiger partial charge on any atom is 0.435 e. The molecule has 1 aliphatic carbocycles. The van der Waals surface area contributed by atoms with Crippen molar-refractivity contribution in [3.8, 4) is 11.8 Å². The quantitative estimate of drug-likeness (QED) is 0.340. The number of aromatic nitrogens is 4. The average Bonchev–Trinajstić information content (AvgIpc) is 2.78. The number of halogens is 6. The molecular formula is C24H22F6N6O3S. The summed E-state index contributed by atoms with van der Waals surface area (Å²) in [4.78, 5) is 13.3. The molecule has 0 radical (unpaired) electrons. The minimum Gasteiger partial charge on any atom is -0.416 e. The van der Waals surface area contributed by atoms with Gasteiger partial charge in [0.2, 0.25) is 5.88 Å². The third-order valence-electron chi connectivity index (χ3n) is 6.59. The summed E-state index contributed by atoms with van der Waals surface area (Å²) in [5.74, 6) is -2.19. The van der Waals surface area contributed by atoms with Crippen molar-refractivity contribution in [3.63, 3.8) is 0 Å². The predicted molar refractivity (Wildman–Crippen MR) is 130 cm³/mol. The second-order valence-electron chi connectivity index (χ2n) is 9.43. The number of amides is 1. The standard InChI is InChI=1S/C24H22F6N6O3S/c1-12-10-16(22(8-5-9-22)24(28,29)30)33-35-20(12)39-21-17(13(2)18(34-36-21)23(25,26)27)19(37)32-14-6-4-7-15(11-14)40(3,31)38/h4,6-7,10-11,31H,5,8-9H2,1-3H3,(H,32,37). The number of rotatable bonds is 6. The smallest absolute Gasteiger partial charge is 0.416 e. The molecule has 214 valence electrons. The summed E-state index contributed by atoms with van der Waals surface area (Å²) in [5.41, 5.74) is -5.13. The van der Waals surface area contributed by atoms with Gasteiger partial charge in [-0.25, -0.2) is 8.99 Å². The van der Waals surface area contributed by atoms with E-state index in [-0.39, 0.29) is 40.6 Å². The maximum atomic E-state index is 13.7. The number of nitrogens with zero attached hydrogens (tertiary/aromatic N) is 4. The number of anilines is 1. The Bertz CT molecular complexity index is 1590. The molecule has 1 aromatic carbocycles. The van der Waals surface area contributed by atoms with Gasteiger partial charge in [-0.3, -0.25) is 4.79 Å². The summed E-state index contributed by atoms with van der Waals surface area (Å²) >= 11 is 0. The molecule has 1 fully saturated rings. The Labute approximate surface area is 224 Å². The Hall–Kier alpha value is -3.82. The minimum atomic E-state index is -4.98. The van der Waals surface area contributed by atoms with Gasteiger partial charge in [0.05, 0.1) is 15.4 Å². The normalized spacial score (nSPS) is 16.5. The Balaban J connectivity index is 1.73. The van der Waals surface area contributed by atoms with Crippen LogP contribution in [0.4, 0.5) is 32.0 Å². The van der Waals surface area contributed by atoms with Crippen LogP contribution in [0.3, 0.4) is 0 Å². The predicted octanol–water partition coefficient (Wildman–Crippen LogP) is 5.97. The van der Waals surface area contributed by atoms with Gasteiger partial charge in [-0.15, -0.1) is 15.3 Å². The van der Waals surface area contributed by atoms with Gasteiger partial charge in [-0.1, -0.05) is 12.5 Å². The average molecular weight is 589 g/mol. The van der Waals surface area contributed by atoms with Gasteiger partial charge >= 0.3 is 12.4 Å². The first-order chi connectivity index (χ1) is 18.4. The van der Waals surface area contributed by atoms with E-state index in [1.165, 1.54) is 31.2 Å². The van der Waals surface area contributed by atoms with E-state index in [0.717, 1.165) is 19.2 Å². The topological polar surface area (TPSA) is 131 Å². The van der Waals surface area contributed by atoms with Crippen LogP contribution in [0.2, 0.25) is 0 Å². The molecule has 40 heavy (non-hydrogen) atoms. The molecule has 2 heterocycles. The van der Waals surface area contributed by atoms with Crippen LogP contribution in [0.5, 0.6) is 11.8 Å². The van der Waals surface area contributed by atoms with Gasteiger partial charge in [-0.2, -0.15) is 31.4 Å². The van der Waals surface area contributed by atoms with E-state index in [0.29, 0.717) is 6.42 Å². The van der Waals surface area contributed by atoms with Gasteiger partial charge in [0.1, 0.15) is 11.0 Å². The molecule has 9 nitrogen and oxygen atoms in total. The molecule has 1 unspecified atom stereocenters. The molecule has 0 aliphatic heterocycles. The van der Waals surface area contributed by atoms with Crippen molar-refractivity contribution in [1.29, 1.82) is 4.78 Å². The van der Waals surface area contributed by atoms with Crippen LogP contribution in [0.25, 0.3) is 0 Å². The highest BCUT2D eigenvalue weighted by Crippen LogP contribution is 2.54. The van der Waals surface area contributed by atoms with Crippen molar-refractivity contribution >= 4 is 21.3 Å². The molecule has 1 saturated carbocycles. The number of carbonyl (C=O) groups is 1. The molecule has 16 heteroatoms. The first-order valence-corrected chi connectivity index (χ1v) is 13.6. The largest absolute Gasteiger partial charge is 0.435 e. The first-order valence-electron chi connectivity index (χ1n) is 11.6. The molecule has 0 bridgehead atoms. The molecule has 1 aliphatic rings. The summed E-state index contributed by atoms with van der Waals surface area (Å²) in [7, 11) is -3.17. The number of benzene rings is 1. The fourth-order valence-corrected chi connectivity index (χ4v) is 4.92. The molecule has 2 aromatic heterocycles. The number of alkyl halides is 6. The zero-order valence-corrected chi connectivity index (χ0v) is 22.0. The molecular weight excluding hydrogens is 566 g/mol. The van der Waals surface area contributed by atoms with Crippen molar-refractivity contribution in [2.75, 3.05) is 11.6 Å². The van der Waals surface area contributed by atoms with Crippen LogP contribution in [-0.4, -0.2) is 42.9 Å². The van der Waals surface area contributed by atoms with Gasteiger partial charge in [0, 0.05) is 22.4 Å². The lowest BCUT2D eigenvalue weighted by atomic mass is 9.66. The van der Waals surface area contributed by atoms with Crippen LogP contribution in [0, 0.1) is 18.6 Å². The van der Waals surface area contributed by atoms with Crippen LogP contribution in [-0.2, 0) is 21.3 Å². The van der Waals surface area contributed by atoms with E-state index in [1.54, 1.807) is 0 Å². The van der Waals surface area contributed by atoms with Crippen LogP contribution in [0.1, 0.15) is 52.1 Å². The van der Waals surface area contributed by atoms with E-state index < -0.39 is 56.1 Å². The van der Waals surface area contributed by atoms with Crippen LogP contribution < -0.4 is 10.1 Å². The fourth-order valence-electron chi connectivity index (χ4n) is 4.23. The highest BCUT2D eigenvalue weighted by molar-refractivity contribution is 7.91. The van der Waals surface area contributed by atoms with Gasteiger partial charge in [0.15, 0.2) is 5.69 Å². The van der Waals surface area contributed by atoms with E-state index in [2.05, 4.69) is 25.7 Å². The number of carbonyl (C=O) groups excluding carboxylic acids is 1. The number of hydrogen-bond donors (Lipinski definition) is 2. The number of aryl methyl sites for hydroxylation is 1. The molecule has 0 spiro atoms. The van der Waals surface area contributed by atoms with Gasteiger partial charge < -0.3 is 10.1 Å². The summed E-state index contributed by atoms with van der Waals surface area (Å²) in [6.45, 7) is 2.35. The molecule has 4 rings (SSSR count). The number of hydrogen-bond acceptors (Lipinski definition) is 8. The maximum absolute atomic E-state index is 13.7. The molecule has 3 aromatic rings. The number of ether oxygens (including phenoxy) is 1. The fraction of sp³-hybridized carbons (Fsp3) is 0.375. The SMILES string of the molecule is Cc1cc(C2(C(F)(F)F)CCC2)nnc1Oc1nnc(C(F)(F)F)c(C)c1C(=O)Nc1cccc(S(C)(=N)=O)c1. The van der Waals surface area contributed by atoms with Gasteiger partial charge in [-0.05, 0) is 56.5 Å². The van der Waals surface area contributed by atoms with Gasteiger partial charge in [0.25, 0.3) is 11.8 Å². The second kappa shape index (κ2) is 9.98. The monoisotopic (exact) mass is 588 g/mol. The zero-order valence-electron chi connectivity index (χ0n) is 21.2. The Morgan fingerprint density at radius 3 is 2.20 bits per heavy atom. The summed E-state index contributed by atoms with van der Waals surface area (Å²) in [6.07, 6.45) is -8.34. The van der Waals surface area contributed by atoms with E-state index >= 15 is 0 Å². The Kier molecular flexibility index (Phi) is 7.28. The van der Waals surface area contributed by atoms with Crippen LogP contribution in [0.15, 0.2) is 35.2 Å². The summed E-state index contributed by atoms with van der Waals surface area (Å²) < 4.78 is 107. The second-order valence-corrected chi connectivity index (χ2v) is 11.6. The zero-order chi connectivity index (χ0) is 29.7. The third-order valence-corrected chi connectivity index (χ3v) is 7.75. The van der Waals surface area contributed by atoms with Crippen LogP contribution >= 0.6 is 0 Å². The summed E-state index contributed by atoms with van der Waals surface area (Å²) in [6, 6.07) is 6.52. The molecule has 2 N–H and O–H groups in total. The van der Waals surface area contributed by atoms with E-state index in [1.807, 2.05) is 0 Å². The Morgan fingerprint density at radius 1 is 1.02 bits per heavy atom. The molecule has 0 saturated heterocycles. The minimum absolute atomic E-state index is 0.0262. The lowest BCUT2D eigenvalue weighted by Crippen LogP contribution is -2.48. The van der Waals surface area contributed by atoms with Crippen molar-refractivity contribution in [3.05, 3.63) is 58.4 Å². The number of nitrogens with one attached hydrogen (secondary N) is 2.